The van der Waals surface area contributed by atoms with E-state index in [2.05, 4.69) is 0 Å². The summed E-state index contributed by atoms with van der Waals surface area (Å²) in [4.78, 5) is 0. The average Bonchev–Trinajstić information content (AvgIpc) is 2.70. The molecule has 2 N–H and O–H groups in total. The second-order valence-corrected chi connectivity index (χ2v) is 5.25. The maximum absolute atomic E-state index is 13.1. The van der Waals surface area contributed by atoms with Crippen LogP contribution >= 0.6 is 0 Å². The van der Waals surface area contributed by atoms with Crippen molar-refractivity contribution in [1.29, 1.82) is 0 Å². The van der Waals surface area contributed by atoms with Gasteiger partial charge in [-0.1, -0.05) is 0 Å². The van der Waals surface area contributed by atoms with Gasteiger partial charge in [-0.05, 0) is 50.5 Å². The van der Waals surface area contributed by atoms with E-state index in [0.29, 0.717) is 25.0 Å². The van der Waals surface area contributed by atoms with Crippen LogP contribution in [-0.2, 0) is 15.9 Å². The molecule has 1 heterocycles. The molecule has 2 atom stereocenters. The first-order valence-electron chi connectivity index (χ1n) is 6.34. The lowest BCUT2D eigenvalue weighted by Crippen LogP contribution is -2.31. The Labute approximate surface area is 111 Å². The summed E-state index contributed by atoms with van der Waals surface area (Å²) < 4.78 is 24.0. The SMILES string of the molecule is CC1(C)OC[C@H](C(O)CCc2cc(F)ccc2O)O1. The highest BCUT2D eigenvalue weighted by atomic mass is 19.1. The van der Waals surface area contributed by atoms with Crippen LogP contribution in [0, 0.1) is 5.82 Å². The van der Waals surface area contributed by atoms with E-state index in [-0.39, 0.29) is 11.9 Å². The molecule has 0 amide bonds. The number of aliphatic hydroxyl groups excluding tert-OH is 1. The zero-order valence-electron chi connectivity index (χ0n) is 11.1. The van der Waals surface area contributed by atoms with Gasteiger partial charge in [0.25, 0.3) is 0 Å². The van der Waals surface area contributed by atoms with Gasteiger partial charge in [0.05, 0.1) is 12.7 Å². The van der Waals surface area contributed by atoms with Crippen LogP contribution in [0.3, 0.4) is 0 Å². The number of ether oxygens (including phenoxy) is 2. The summed E-state index contributed by atoms with van der Waals surface area (Å²) in [6.07, 6.45) is -0.332. The number of hydrogen-bond donors (Lipinski definition) is 2. The first kappa shape index (κ1) is 14.2. The summed E-state index contributed by atoms with van der Waals surface area (Å²) in [5.74, 6) is -1.03. The highest BCUT2D eigenvalue weighted by Gasteiger charge is 2.36. The van der Waals surface area contributed by atoms with Crippen molar-refractivity contribution in [1.82, 2.24) is 0 Å². The van der Waals surface area contributed by atoms with Crippen LogP contribution in [-0.4, -0.2) is 34.8 Å². The minimum Gasteiger partial charge on any atom is -0.508 e. The lowest BCUT2D eigenvalue weighted by atomic mass is 10.0. The topological polar surface area (TPSA) is 58.9 Å². The van der Waals surface area contributed by atoms with Gasteiger partial charge in [-0.3, -0.25) is 0 Å². The molecular formula is C14H19FO4. The summed E-state index contributed by atoms with van der Waals surface area (Å²) in [6, 6.07) is 3.79. The van der Waals surface area contributed by atoms with Gasteiger partial charge in [0.1, 0.15) is 17.7 Å². The molecule has 19 heavy (non-hydrogen) atoms. The van der Waals surface area contributed by atoms with E-state index in [1.54, 1.807) is 13.8 Å². The normalized spacial score (nSPS) is 23.5. The number of rotatable bonds is 4. The molecule has 1 saturated heterocycles. The molecule has 1 aliphatic heterocycles. The number of benzene rings is 1. The van der Waals surface area contributed by atoms with Crippen LogP contribution in [0.5, 0.6) is 5.75 Å². The molecule has 0 radical (unpaired) electrons. The van der Waals surface area contributed by atoms with Crippen LogP contribution in [0.2, 0.25) is 0 Å². The van der Waals surface area contributed by atoms with E-state index in [1.807, 2.05) is 0 Å². The number of hydrogen-bond acceptors (Lipinski definition) is 4. The van der Waals surface area contributed by atoms with E-state index in [0.717, 1.165) is 0 Å². The van der Waals surface area contributed by atoms with Crippen molar-refractivity contribution in [2.45, 2.75) is 44.7 Å². The maximum Gasteiger partial charge on any atom is 0.163 e. The number of halogens is 1. The summed E-state index contributed by atoms with van der Waals surface area (Å²) in [5, 5.41) is 19.6. The number of aromatic hydroxyl groups is 1. The Hall–Kier alpha value is -1.17. The van der Waals surface area contributed by atoms with Gasteiger partial charge in [-0.2, -0.15) is 0 Å². The number of phenolic OH excluding ortho intramolecular Hbond substituents is 1. The largest absolute Gasteiger partial charge is 0.508 e. The minimum absolute atomic E-state index is 0.0394. The van der Waals surface area contributed by atoms with Gasteiger partial charge in [-0.15, -0.1) is 0 Å². The fourth-order valence-electron chi connectivity index (χ4n) is 2.15. The van der Waals surface area contributed by atoms with E-state index in [9.17, 15) is 14.6 Å². The third-order valence-electron chi connectivity index (χ3n) is 3.21. The third kappa shape index (κ3) is 3.65. The minimum atomic E-state index is -0.704. The van der Waals surface area contributed by atoms with Crippen LogP contribution in [0.15, 0.2) is 18.2 Å². The zero-order chi connectivity index (χ0) is 14.0. The van der Waals surface area contributed by atoms with Crippen LogP contribution in [0.4, 0.5) is 4.39 Å². The first-order chi connectivity index (χ1) is 8.87. The Morgan fingerprint density at radius 3 is 2.84 bits per heavy atom. The summed E-state index contributed by atoms with van der Waals surface area (Å²) in [6.45, 7) is 3.92. The van der Waals surface area contributed by atoms with Crippen LogP contribution in [0.1, 0.15) is 25.8 Å². The number of phenols is 1. The lowest BCUT2D eigenvalue weighted by molar-refractivity contribution is -0.151. The molecule has 1 fully saturated rings. The third-order valence-corrected chi connectivity index (χ3v) is 3.21. The van der Waals surface area contributed by atoms with Gasteiger partial charge in [-0.25, -0.2) is 4.39 Å². The molecule has 0 bridgehead atoms. The fraction of sp³-hybridized carbons (Fsp3) is 0.571. The molecule has 1 unspecified atom stereocenters. The molecule has 1 aromatic carbocycles. The van der Waals surface area contributed by atoms with Crippen molar-refractivity contribution in [3.8, 4) is 5.75 Å². The Bertz CT molecular complexity index is 447. The van der Waals surface area contributed by atoms with E-state index >= 15 is 0 Å². The monoisotopic (exact) mass is 270 g/mol. The van der Waals surface area contributed by atoms with Gasteiger partial charge < -0.3 is 19.7 Å². The predicted octanol–water partition coefficient (Wildman–Crippen LogP) is 1.98. The van der Waals surface area contributed by atoms with Crippen molar-refractivity contribution >= 4 is 0 Å². The highest BCUT2D eigenvalue weighted by molar-refractivity contribution is 5.32. The Morgan fingerprint density at radius 1 is 1.47 bits per heavy atom. The van der Waals surface area contributed by atoms with Crippen LogP contribution < -0.4 is 0 Å². The Balaban J connectivity index is 1.90. The van der Waals surface area contributed by atoms with Crippen molar-refractivity contribution in [3.63, 3.8) is 0 Å². The lowest BCUT2D eigenvalue weighted by Gasteiger charge is -2.20. The molecule has 4 nitrogen and oxygen atoms in total. The van der Waals surface area contributed by atoms with Crippen LogP contribution in [0.25, 0.3) is 0 Å². The van der Waals surface area contributed by atoms with E-state index < -0.39 is 17.7 Å². The Morgan fingerprint density at radius 2 is 2.21 bits per heavy atom. The highest BCUT2D eigenvalue weighted by Crippen LogP contribution is 2.26. The molecule has 5 heteroatoms. The quantitative estimate of drug-likeness (QED) is 0.878. The molecule has 2 rings (SSSR count). The standard InChI is InChI=1S/C14H19FO4/c1-14(2)18-8-13(19-14)12(17)5-3-9-7-10(15)4-6-11(9)16/h4,6-7,12-13,16-17H,3,5,8H2,1-2H3/t12?,13-/m1/s1. The van der Waals surface area contributed by atoms with E-state index in [4.69, 9.17) is 9.47 Å². The number of aliphatic hydroxyl groups is 1. The molecule has 0 aromatic heterocycles. The van der Waals surface area contributed by atoms with Gasteiger partial charge >= 0.3 is 0 Å². The summed E-state index contributed by atoms with van der Waals surface area (Å²) in [5.41, 5.74) is 0.484. The Kier molecular flexibility index (Phi) is 4.08. The predicted molar refractivity (Wildman–Crippen MR) is 67.3 cm³/mol. The molecule has 1 aliphatic rings. The van der Waals surface area contributed by atoms with Crippen molar-refractivity contribution in [2.24, 2.45) is 0 Å². The number of aryl methyl sites for hydroxylation is 1. The molecule has 1 aromatic rings. The average molecular weight is 270 g/mol. The van der Waals surface area contributed by atoms with Crippen molar-refractivity contribution in [3.05, 3.63) is 29.6 Å². The zero-order valence-corrected chi connectivity index (χ0v) is 11.1. The molecule has 0 saturated carbocycles. The fourth-order valence-corrected chi connectivity index (χ4v) is 2.15. The first-order valence-corrected chi connectivity index (χ1v) is 6.34. The van der Waals surface area contributed by atoms with Gasteiger partial charge in [0.15, 0.2) is 5.79 Å². The summed E-state index contributed by atoms with van der Waals surface area (Å²) >= 11 is 0. The van der Waals surface area contributed by atoms with Gasteiger partial charge in [0.2, 0.25) is 0 Å². The molecular weight excluding hydrogens is 251 g/mol. The van der Waals surface area contributed by atoms with Gasteiger partial charge in [0, 0.05) is 0 Å². The van der Waals surface area contributed by atoms with Crippen molar-refractivity contribution in [2.75, 3.05) is 6.61 Å². The summed E-state index contributed by atoms with van der Waals surface area (Å²) in [7, 11) is 0. The molecule has 106 valence electrons. The second kappa shape index (κ2) is 5.45. The smallest absolute Gasteiger partial charge is 0.163 e. The van der Waals surface area contributed by atoms with Crippen molar-refractivity contribution < 1.29 is 24.1 Å². The van der Waals surface area contributed by atoms with E-state index in [1.165, 1.54) is 18.2 Å². The molecule has 0 spiro atoms. The maximum atomic E-state index is 13.1. The second-order valence-electron chi connectivity index (χ2n) is 5.25. The molecule has 0 aliphatic carbocycles.